The predicted octanol–water partition coefficient (Wildman–Crippen LogP) is -0.985. The van der Waals surface area contributed by atoms with Gasteiger partial charge in [-0.1, -0.05) is 0 Å². The number of hydrogen-bond acceptors (Lipinski definition) is 5. The zero-order chi connectivity index (χ0) is 9.28. The number of carbonyl (C=O) groups is 1. The summed E-state index contributed by atoms with van der Waals surface area (Å²) in [5.41, 5.74) is 0. The smallest absolute Gasteiger partial charge is 0.321 e. The van der Waals surface area contributed by atoms with Crippen LogP contribution < -0.4 is 5.32 Å². The Morgan fingerprint density at radius 2 is 2.27 bits per heavy atom. The normalized spacial score (nSPS) is 12.2. The van der Waals surface area contributed by atoms with Gasteiger partial charge in [-0.3, -0.25) is 13.8 Å². The summed E-state index contributed by atoms with van der Waals surface area (Å²) in [4.78, 5) is 10.1. The summed E-state index contributed by atoms with van der Waals surface area (Å²) in [5.74, 6) is -0.534. The first kappa shape index (κ1) is 13.3. The summed E-state index contributed by atoms with van der Waals surface area (Å²) in [7, 11) is 1.59. The first-order chi connectivity index (χ1) is 5.13. The molecule has 7 heteroatoms. The molecule has 0 aromatic heterocycles. The van der Waals surface area contributed by atoms with Crippen molar-refractivity contribution in [2.75, 3.05) is 12.8 Å². The standard InChI is InChI=1S/C4H9NO2S.H3NOS/c1-5-3(2-8)4(6)7;1-3-2/h3,5,8H,2H2,1H3,(H,6,7);1H,3H2/t3-;/m0./s1. The Morgan fingerprint density at radius 1 is 1.91 bits per heavy atom. The molecular formula is C4H12N2O3S2. The number of thiol groups is 1. The SMILES string of the molecule is CN[C@@H](CS)C(=O)O.N=[SH2]=O. The number of nitrogens with one attached hydrogen (secondary N) is 2. The third-order valence-electron chi connectivity index (χ3n) is 0.829. The lowest BCUT2D eigenvalue weighted by atomic mass is 10.3. The maximum Gasteiger partial charge on any atom is 0.321 e. The van der Waals surface area contributed by atoms with Gasteiger partial charge in [0.25, 0.3) is 0 Å². The number of carboxylic acids is 1. The molecule has 0 aromatic carbocycles. The summed E-state index contributed by atoms with van der Waals surface area (Å²) in [5, 5.41) is 10.8. The van der Waals surface area contributed by atoms with Gasteiger partial charge in [-0.15, -0.1) is 0 Å². The van der Waals surface area contributed by atoms with E-state index in [1.54, 1.807) is 7.05 Å². The van der Waals surface area contributed by atoms with Crippen molar-refractivity contribution in [3.8, 4) is 0 Å². The van der Waals surface area contributed by atoms with E-state index in [1.165, 1.54) is 0 Å². The minimum absolute atomic E-state index is 0.325. The molecule has 0 bridgehead atoms. The fourth-order valence-electron chi connectivity index (χ4n) is 0.293. The zero-order valence-electron chi connectivity index (χ0n) is 6.00. The highest BCUT2D eigenvalue weighted by Crippen LogP contribution is 1.84. The topological polar surface area (TPSA) is 90.2 Å². The quantitative estimate of drug-likeness (QED) is 0.441. The van der Waals surface area contributed by atoms with E-state index in [1.807, 2.05) is 0 Å². The number of hydrogen-bond donors (Lipinski definition) is 4. The van der Waals surface area contributed by atoms with Gasteiger partial charge in [-0.05, 0) is 7.05 Å². The van der Waals surface area contributed by atoms with E-state index in [9.17, 15) is 4.79 Å². The highest BCUT2D eigenvalue weighted by molar-refractivity contribution is 7.80. The average Bonchev–Trinajstić information content (AvgIpc) is 1.91. The average molecular weight is 200 g/mol. The van der Waals surface area contributed by atoms with Gasteiger partial charge >= 0.3 is 5.97 Å². The minimum atomic E-state index is -0.917. The molecule has 0 aliphatic heterocycles. The highest BCUT2D eigenvalue weighted by Gasteiger charge is 2.10. The highest BCUT2D eigenvalue weighted by atomic mass is 32.1. The lowest BCUT2D eigenvalue weighted by Gasteiger charge is -2.04. The summed E-state index contributed by atoms with van der Waals surface area (Å²) in [6.07, 6.45) is 0. The van der Waals surface area contributed by atoms with E-state index in [4.69, 9.17) is 14.1 Å². The van der Waals surface area contributed by atoms with Crippen LogP contribution in [0.5, 0.6) is 0 Å². The fourth-order valence-corrected chi connectivity index (χ4v) is 0.632. The Balaban J connectivity index is 0. The van der Waals surface area contributed by atoms with Crippen molar-refractivity contribution < 1.29 is 14.1 Å². The van der Waals surface area contributed by atoms with Crippen LogP contribution in [0, 0.1) is 4.78 Å². The molecule has 0 saturated heterocycles. The van der Waals surface area contributed by atoms with Crippen LogP contribution in [0.15, 0.2) is 0 Å². The molecular weight excluding hydrogens is 188 g/mol. The molecule has 5 nitrogen and oxygen atoms in total. The second kappa shape index (κ2) is 9.73. The first-order valence-electron chi connectivity index (χ1n) is 2.68. The second-order valence-corrected chi connectivity index (χ2v) is 2.03. The molecule has 0 aliphatic rings. The van der Waals surface area contributed by atoms with Crippen molar-refractivity contribution in [3.05, 3.63) is 0 Å². The van der Waals surface area contributed by atoms with Crippen LogP contribution in [0.4, 0.5) is 0 Å². The molecule has 0 aliphatic carbocycles. The van der Waals surface area contributed by atoms with Gasteiger partial charge in [0.2, 0.25) is 0 Å². The zero-order valence-corrected chi connectivity index (χ0v) is 7.89. The molecule has 11 heavy (non-hydrogen) atoms. The van der Waals surface area contributed by atoms with E-state index < -0.39 is 23.5 Å². The van der Waals surface area contributed by atoms with E-state index in [0.717, 1.165) is 0 Å². The van der Waals surface area contributed by atoms with Gasteiger partial charge in [0.1, 0.15) is 6.04 Å². The Morgan fingerprint density at radius 3 is 2.27 bits per heavy atom. The van der Waals surface area contributed by atoms with Crippen molar-refractivity contribution >= 4 is 30.1 Å². The Kier molecular flexibility index (Phi) is 11.8. The molecule has 3 N–H and O–H groups in total. The lowest BCUT2D eigenvalue weighted by molar-refractivity contribution is -0.138. The second-order valence-electron chi connectivity index (χ2n) is 1.46. The fraction of sp³-hybridized carbons (Fsp3) is 0.750. The largest absolute Gasteiger partial charge is 0.480 e. The Labute approximate surface area is 73.6 Å². The van der Waals surface area contributed by atoms with Crippen LogP contribution >= 0.6 is 12.6 Å². The third-order valence-corrected chi connectivity index (χ3v) is 1.19. The number of likely N-dealkylation sites (N-methyl/N-ethyl adjacent to an activating group) is 1. The van der Waals surface area contributed by atoms with E-state index >= 15 is 0 Å². The molecule has 0 fully saturated rings. The van der Waals surface area contributed by atoms with Gasteiger partial charge in [0, 0.05) is 17.2 Å². The van der Waals surface area contributed by atoms with Gasteiger partial charge in [0.05, 0.1) is 0 Å². The van der Waals surface area contributed by atoms with E-state index in [2.05, 4.69) is 17.9 Å². The first-order valence-corrected chi connectivity index (χ1v) is 4.22. The van der Waals surface area contributed by atoms with Crippen molar-refractivity contribution in [1.82, 2.24) is 5.32 Å². The number of carboxylic acid groups (broad SMARTS) is 1. The van der Waals surface area contributed by atoms with Crippen LogP contribution in [0.3, 0.4) is 0 Å². The van der Waals surface area contributed by atoms with Crippen molar-refractivity contribution in [2.45, 2.75) is 6.04 Å². The van der Waals surface area contributed by atoms with Crippen LogP contribution in [-0.4, -0.2) is 34.1 Å². The molecule has 0 saturated carbocycles. The molecule has 0 aromatic rings. The molecule has 1 atom stereocenters. The third kappa shape index (κ3) is 9.73. The van der Waals surface area contributed by atoms with Gasteiger partial charge in [0.15, 0.2) is 0 Å². The van der Waals surface area contributed by atoms with Crippen LogP contribution in [0.2, 0.25) is 0 Å². The summed E-state index contributed by atoms with van der Waals surface area (Å²) >= 11 is 2.88. The number of rotatable bonds is 3. The molecule has 68 valence electrons. The lowest BCUT2D eigenvalue weighted by Crippen LogP contribution is -2.35. The maximum absolute atomic E-state index is 10.1. The predicted molar refractivity (Wildman–Crippen MR) is 48.0 cm³/mol. The molecule has 0 unspecified atom stereocenters. The number of aliphatic carboxylic acids is 1. The summed E-state index contributed by atoms with van der Waals surface area (Å²) in [6.45, 7) is 0. The van der Waals surface area contributed by atoms with Crippen LogP contribution in [0.25, 0.3) is 0 Å². The van der Waals surface area contributed by atoms with E-state index in [-0.39, 0.29) is 0 Å². The molecule has 0 spiro atoms. The van der Waals surface area contributed by atoms with E-state index in [0.29, 0.717) is 5.75 Å². The molecule has 0 amide bonds. The summed E-state index contributed by atoms with van der Waals surface area (Å²) < 4.78 is 14.3. The van der Waals surface area contributed by atoms with Crippen LogP contribution in [-0.2, 0) is 16.3 Å². The van der Waals surface area contributed by atoms with Crippen molar-refractivity contribution in [1.29, 1.82) is 4.78 Å². The van der Waals surface area contributed by atoms with Crippen molar-refractivity contribution in [2.24, 2.45) is 0 Å². The van der Waals surface area contributed by atoms with Crippen molar-refractivity contribution in [3.63, 3.8) is 0 Å². The van der Waals surface area contributed by atoms with Gasteiger partial charge in [-0.25, -0.2) is 0 Å². The molecule has 0 radical (unpaired) electrons. The van der Waals surface area contributed by atoms with Gasteiger partial charge < -0.3 is 10.4 Å². The van der Waals surface area contributed by atoms with Gasteiger partial charge in [-0.2, -0.15) is 12.6 Å². The Bertz CT molecular complexity index is 142. The monoisotopic (exact) mass is 200 g/mol. The maximum atomic E-state index is 10.1. The molecule has 0 rings (SSSR count). The Hall–Kier alpha value is -0.270. The van der Waals surface area contributed by atoms with Crippen LogP contribution in [0.1, 0.15) is 0 Å². The summed E-state index contributed by atoms with van der Waals surface area (Å²) in [6, 6.07) is -0.515. The molecule has 0 heterocycles. The minimum Gasteiger partial charge on any atom is -0.480 e.